The summed E-state index contributed by atoms with van der Waals surface area (Å²) in [6.07, 6.45) is 1.22. The minimum Gasteiger partial charge on any atom is -0.467 e. The Morgan fingerprint density at radius 1 is 1.38 bits per heavy atom. The van der Waals surface area contributed by atoms with Crippen LogP contribution in [0.1, 0.15) is 41.1 Å². The van der Waals surface area contributed by atoms with Crippen molar-refractivity contribution in [3.63, 3.8) is 0 Å². The first-order valence-corrected chi connectivity index (χ1v) is 6.91. The Labute approximate surface area is 123 Å². The molecular formula is C16H20N2O3. The van der Waals surface area contributed by atoms with E-state index in [-0.39, 0.29) is 18.5 Å². The highest BCUT2D eigenvalue weighted by molar-refractivity contribution is 5.94. The predicted octanol–water partition coefficient (Wildman–Crippen LogP) is 1.98. The van der Waals surface area contributed by atoms with Gasteiger partial charge in [0, 0.05) is 6.04 Å². The number of furan rings is 1. The zero-order valence-corrected chi connectivity index (χ0v) is 12.0. The quantitative estimate of drug-likeness (QED) is 0.758. The molecule has 2 unspecified atom stereocenters. The Bertz CT molecular complexity index is 580. The zero-order chi connectivity index (χ0) is 15.2. The van der Waals surface area contributed by atoms with Gasteiger partial charge in [0.15, 0.2) is 0 Å². The van der Waals surface area contributed by atoms with E-state index in [9.17, 15) is 9.90 Å². The molecule has 2 aromatic rings. The van der Waals surface area contributed by atoms with E-state index in [1.807, 2.05) is 37.3 Å². The molecule has 2 atom stereocenters. The van der Waals surface area contributed by atoms with Gasteiger partial charge in [-0.25, -0.2) is 0 Å². The third-order valence-electron chi connectivity index (χ3n) is 3.26. The fraction of sp³-hybridized carbons (Fsp3) is 0.312. The molecule has 5 nitrogen and oxygen atoms in total. The van der Waals surface area contributed by atoms with Gasteiger partial charge >= 0.3 is 0 Å². The lowest BCUT2D eigenvalue weighted by Crippen LogP contribution is -2.33. The highest BCUT2D eigenvalue weighted by Gasteiger charge is 2.16. The van der Waals surface area contributed by atoms with Crippen molar-refractivity contribution in [1.29, 1.82) is 0 Å². The number of carbonyl (C=O) groups excluding carboxylic acids is 1. The molecule has 21 heavy (non-hydrogen) atoms. The Morgan fingerprint density at radius 3 is 2.71 bits per heavy atom. The maximum atomic E-state index is 12.0. The minimum absolute atomic E-state index is 0.163. The van der Waals surface area contributed by atoms with E-state index in [1.54, 1.807) is 6.07 Å². The number of hydrogen-bond donors (Lipinski definition) is 3. The average molecular weight is 288 g/mol. The lowest BCUT2D eigenvalue weighted by Gasteiger charge is -2.17. The summed E-state index contributed by atoms with van der Waals surface area (Å²) in [5, 5.41) is 13.0. The number of nitrogens with two attached hydrogens (primary N) is 1. The fourth-order valence-electron chi connectivity index (χ4n) is 2.12. The number of nitrogens with one attached hydrogen (secondary N) is 1. The van der Waals surface area contributed by atoms with E-state index in [0.717, 1.165) is 5.56 Å². The second-order valence-electron chi connectivity index (χ2n) is 5.04. The maximum absolute atomic E-state index is 12.0. The van der Waals surface area contributed by atoms with Crippen LogP contribution in [0.25, 0.3) is 0 Å². The highest BCUT2D eigenvalue weighted by Crippen LogP contribution is 2.18. The minimum atomic E-state index is -0.606. The third kappa shape index (κ3) is 4.18. The van der Waals surface area contributed by atoms with E-state index in [4.69, 9.17) is 10.2 Å². The van der Waals surface area contributed by atoms with Gasteiger partial charge in [-0.2, -0.15) is 0 Å². The standard InChI is InChI=1S/C16H20N2O3/c1-11(7-15(19)12-5-3-2-4-6-12)18-16(20)13-8-14(9-17)21-10-13/h2-6,8,10-11,15,19H,7,9,17H2,1H3,(H,18,20). The summed E-state index contributed by atoms with van der Waals surface area (Å²) in [7, 11) is 0. The molecule has 0 bridgehead atoms. The van der Waals surface area contributed by atoms with Crippen molar-refractivity contribution in [1.82, 2.24) is 5.32 Å². The van der Waals surface area contributed by atoms with Gasteiger partial charge in [0.25, 0.3) is 5.91 Å². The van der Waals surface area contributed by atoms with Gasteiger partial charge in [0.05, 0.1) is 18.2 Å². The second-order valence-corrected chi connectivity index (χ2v) is 5.04. The van der Waals surface area contributed by atoms with Crippen molar-refractivity contribution in [2.24, 2.45) is 5.73 Å². The van der Waals surface area contributed by atoms with Crippen LogP contribution >= 0.6 is 0 Å². The number of benzene rings is 1. The first-order valence-electron chi connectivity index (χ1n) is 6.91. The zero-order valence-electron chi connectivity index (χ0n) is 12.0. The van der Waals surface area contributed by atoms with Crippen LogP contribution in [0.3, 0.4) is 0 Å². The molecule has 0 saturated heterocycles. The first-order chi connectivity index (χ1) is 10.1. The molecule has 1 heterocycles. The second kappa shape index (κ2) is 7.06. The van der Waals surface area contributed by atoms with E-state index < -0.39 is 6.10 Å². The van der Waals surface area contributed by atoms with Crippen molar-refractivity contribution in [3.05, 3.63) is 59.5 Å². The monoisotopic (exact) mass is 288 g/mol. The molecule has 0 aliphatic heterocycles. The van der Waals surface area contributed by atoms with Crippen molar-refractivity contribution in [3.8, 4) is 0 Å². The molecule has 0 aliphatic carbocycles. The summed E-state index contributed by atoms with van der Waals surface area (Å²) in [6, 6.07) is 10.8. The Kier molecular flexibility index (Phi) is 5.14. The molecule has 0 spiro atoms. The number of carbonyl (C=O) groups is 1. The molecule has 1 aromatic carbocycles. The van der Waals surface area contributed by atoms with E-state index in [1.165, 1.54) is 6.26 Å². The normalized spacial score (nSPS) is 13.7. The maximum Gasteiger partial charge on any atom is 0.254 e. The number of aliphatic hydroxyl groups excluding tert-OH is 1. The van der Waals surface area contributed by atoms with Crippen LogP contribution in [-0.2, 0) is 6.54 Å². The van der Waals surface area contributed by atoms with E-state index >= 15 is 0 Å². The van der Waals surface area contributed by atoms with Gasteiger partial charge < -0.3 is 20.6 Å². The number of amides is 1. The van der Waals surface area contributed by atoms with Gasteiger partial charge in [-0.15, -0.1) is 0 Å². The molecule has 0 saturated carbocycles. The summed E-state index contributed by atoms with van der Waals surface area (Å²) in [5.74, 6) is 0.336. The fourth-order valence-corrected chi connectivity index (χ4v) is 2.12. The van der Waals surface area contributed by atoms with Crippen molar-refractivity contribution in [2.45, 2.75) is 32.0 Å². The molecule has 5 heteroatoms. The van der Waals surface area contributed by atoms with Gasteiger partial charge in [0.1, 0.15) is 12.0 Å². The smallest absolute Gasteiger partial charge is 0.254 e. The lowest BCUT2D eigenvalue weighted by molar-refractivity contribution is 0.0916. The van der Waals surface area contributed by atoms with Crippen LogP contribution in [0.5, 0.6) is 0 Å². The van der Waals surface area contributed by atoms with Crippen LogP contribution in [0, 0.1) is 0 Å². The molecule has 112 valence electrons. The number of aliphatic hydroxyl groups is 1. The summed E-state index contributed by atoms with van der Waals surface area (Å²) < 4.78 is 5.13. The van der Waals surface area contributed by atoms with Crippen LogP contribution < -0.4 is 11.1 Å². The first kappa shape index (κ1) is 15.3. The lowest BCUT2D eigenvalue weighted by atomic mass is 10.0. The Hall–Kier alpha value is -2.11. The van der Waals surface area contributed by atoms with Crippen LogP contribution in [0.15, 0.2) is 47.1 Å². The molecule has 1 aromatic heterocycles. The summed E-state index contributed by atoms with van der Waals surface area (Å²) >= 11 is 0. The van der Waals surface area contributed by atoms with E-state index in [2.05, 4.69) is 5.32 Å². The molecule has 1 amide bonds. The van der Waals surface area contributed by atoms with Gasteiger partial charge in [-0.1, -0.05) is 30.3 Å². The van der Waals surface area contributed by atoms with E-state index in [0.29, 0.717) is 17.7 Å². The third-order valence-corrected chi connectivity index (χ3v) is 3.26. The molecule has 2 rings (SSSR count). The van der Waals surface area contributed by atoms with Gasteiger partial charge in [-0.05, 0) is 25.0 Å². The SMILES string of the molecule is CC(CC(O)c1ccccc1)NC(=O)c1coc(CN)c1. The summed E-state index contributed by atoms with van der Waals surface area (Å²) in [6.45, 7) is 2.11. The molecular weight excluding hydrogens is 268 g/mol. The van der Waals surface area contributed by atoms with Crippen LogP contribution in [-0.4, -0.2) is 17.1 Å². The average Bonchev–Trinajstić information content (AvgIpc) is 2.97. The largest absolute Gasteiger partial charge is 0.467 e. The molecule has 4 N–H and O–H groups in total. The predicted molar refractivity (Wildman–Crippen MR) is 79.5 cm³/mol. The topological polar surface area (TPSA) is 88.5 Å². The van der Waals surface area contributed by atoms with Gasteiger partial charge in [0.2, 0.25) is 0 Å². The molecule has 0 fully saturated rings. The molecule has 0 aliphatic rings. The van der Waals surface area contributed by atoms with Crippen molar-refractivity contribution >= 4 is 5.91 Å². The van der Waals surface area contributed by atoms with Gasteiger partial charge in [-0.3, -0.25) is 4.79 Å². The Balaban J connectivity index is 1.89. The summed E-state index contributed by atoms with van der Waals surface area (Å²) in [5.41, 5.74) is 6.72. The van der Waals surface area contributed by atoms with Crippen molar-refractivity contribution < 1.29 is 14.3 Å². The van der Waals surface area contributed by atoms with Crippen LogP contribution in [0.2, 0.25) is 0 Å². The number of hydrogen-bond acceptors (Lipinski definition) is 4. The van der Waals surface area contributed by atoms with Crippen LogP contribution in [0.4, 0.5) is 0 Å². The summed E-state index contributed by atoms with van der Waals surface area (Å²) in [4.78, 5) is 12.0. The van der Waals surface area contributed by atoms with Crippen molar-refractivity contribution in [2.75, 3.05) is 0 Å². The molecule has 0 radical (unpaired) electrons. The highest BCUT2D eigenvalue weighted by atomic mass is 16.3. The number of rotatable bonds is 6. The Morgan fingerprint density at radius 2 is 2.10 bits per heavy atom.